The van der Waals surface area contributed by atoms with E-state index in [1.165, 1.54) is 15.6 Å². The van der Waals surface area contributed by atoms with E-state index in [4.69, 9.17) is 4.74 Å². The van der Waals surface area contributed by atoms with Crippen LogP contribution in [-0.4, -0.2) is 26.3 Å². The topological polar surface area (TPSA) is 21.3 Å². The van der Waals surface area contributed by atoms with Gasteiger partial charge < -0.3 is 10.1 Å². The smallest absolute Gasteiger partial charge is 0.0615 e. The molecule has 0 bridgehead atoms. The summed E-state index contributed by atoms with van der Waals surface area (Å²) in [4.78, 5) is 0. The second-order valence-electron chi connectivity index (χ2n) is 4.51. The third kappa shape index (κ3) is 3.31. The summed E-state index contributed by atoms with van der Waals surface area (Å²) in [7, 11) is 1.77. The summed E-state index contributed by atoms with van der Waals surface area (Å²) in [6.45, 7) is 3.93. The lowest BCUT2D eigenvalue weighted by Gasteiger charge is -2.16. The maximum Gasteiger partial charge on any atom is 0.0615 e. The number of rotatable bonds is 7. The van der Waals surface area contributed by atoms with Crippen molar-refractivity contribution >= 4 is 21.4 Å². The highest BCUT2D eigenvalue weighted by atomic mass is 32.1. The van der Waals surface area contributed by atoms with E-state index in [-0.39, 0.29) is 0 Å². The molecule has 2 rings (SSSR count). The Bertz CT molecular complexity index is 474. The van der Waals surface area contributed by atoms with Crippen LogP contribution in [0.15, 0.2) is 29.6 Å². The molecule has 0 spiro atoms. The van der Waals surface area contributed by atoms with Crippen molar-refractivity contribution in [1.82, 2.24) is 5.32 Å². The largest absolute Gasteiger partial charge is 0.383 e. The fourth-order valence-electron chi connectivity index (χ4n) is 2.29. The molecule has 1 aromatic heterocycles. The summed E-state index contributed by atoms with van der Waals surface area (Å²) in [5, 5.41) is 7.18. The fourth-order valence-corrected chi connectivity index (χ4v) is 3.29. The molecule has 1 heterocycles. The summed E-state index contributed by atoms with van der Waals surface area (Å²) in [5.41, 5.74) is 1.47. The number of likely N-dealkylation sites (N-methyl/N-ethyl adjacent to an activating group) is 1. The molecule has 2 aromatic rings. The summed E-state index contributed by atoms with van der Waals surface area (Å²) in [6, 6.07) is 9.10. The van der Waals surface area contributed by atoms with Crippen LogP contribution in [0.5, 0.6) is 0 Å². The zero-order chi connectivity index (χ0) is 12.8. The van der Waals surface area contributed by atoms with Crippen LogP contribution in [0.25, 0.3) is 10.1 Å². The Hall–Kier alpha value is -0.900. The Labute approximate surface area is 113 Å². The molecule has 1 atom stereocenters. The molecule has 1 N–H and O–H groups in total. The van der Waals surface area contributed by atoms with Crippen LogP contribution in [0.3, 0.4) is 0 Å². The van der Waals surface area contributed by atoms with Crippen molar-refractivity contribution in [2.45, 2.75) is 25.8 Å². The third-order valence-electron chi connectivity index (χ3n) is 3.18. The number of hydrogen-bond acceptors (Lipinski definition) is 3. The van der Waals surface area contributed by atoms with E-state index in [2.05, 4.69) is 41.9 Å². The standard InChI is InChI=1S/C15H21NOS/c1-3-16-13(10-17-2)9-8-12-11-18-15-7-5-4-6-14(12)15/h4-7,11,13,16H,3,8-10H2,1-2H3. The molecule has 0 aliphatic carbocycles. The molecule has 1 unspecified atom stereocenters. The van der Waals surface area contributed by atoms with E-state index in [1.807, 2.05) is 11.3 Å². The molecular weight excluding hydrogens is 242 g/mol. The lowest BCUT2D eigenvalue weighted by atomic mass is 10.0. The first-order valence-corrected chi connectivity index (χ1v) is 7.40. The second-order valence-corrected chi connectivity index (χ2v) is 5.42. The highest BCUT2D eigenvalue weighted by Crippen LogP contribution is 2.26. The lowest BCUT2D eigenvalue weighted by molar-refractivity contribution is 0.163. The van der Waals surface area contributed by atoms with Crippen molar-refractivity contribution in [3.63, 3.8) is 0 Å². The van der Waals surface area contributed by atoms with Gasteiger partial charge in [-0.15, -0.1) is 11.3 Å². The molecule has 0 saturated heterocycles. The van der Waals surface area contributed by atoms with Crippen molar-refractivity contribution in [3.8, 4) is 0 Å². The van der Waals surface area contributed by atoms with Crippen molar-refractivity contribution in [2.24, 2.45) is 0 Å². The van der Waals surface area contributed by atoms with Crippen molar-refractivity contribution in [3.05, 3.63) is 35.2 Å². The van der Waals surface area contributed by atoms with Gasteiger partial charge in [-0.1, -0.05) is 25.1 Å². The van der Waals surface area contributed by atoms with E-state index in [9.17, 15) is 0 Å². The first kappa shape index (κ1) is 13.5. The molecule has 98 valence electrons. The van der Waals surface area contributed by atoms with Crippen LogP contribution >= 0.6 is 11.3 Å². The Morgan fingerprint density at radius 3 is 2.94 bits per heavy atom. The quantitative estimate of drug-likeness (QED) is 0.826. The minimum absolute atomic E-state index is 0.457. The molecule has 1 aromatic carbocycles. The van der Waals surface area contributed by atoms with Crippen LogP contribution in [0, 0.1) is 0 Å². The maximum absolute atomic E-state index is 5.25. The van der Waals surface area contributed by atoms with Crippen LogP contribution < -0.4 is 5.32 Å². The average Bonchev–Trinajstić information content (AvgIpc) is 2.80. The summed E-state index contributed by atoms with van der Waals surface area (Å²) >= 11 is 1.84. The van der Waals surface area contributed by atoms with Crippen LogP contribution in [0.1, 0.15) is 18.9 Å². The SMILES string of the molecule is CCNC(CCc1csc2ccccc12)COC. The fraction of sp³-hybridized carbons (Fsp3) is 0.467. The molecule has 0 amide bonds. The molecule has 0 aliphatic heterocycles. The predicted molar refractivity (Wildman–Crippen MR) is 79.5 cm³/mol. The molecule has 3 heteroatoms. The number of benzene rings is 1. The molecule has 0 saturated carbocycles. The van der Waals surface area contributed by atoms with Crippen LogP contribution in [0.2, 0.25) is 0 Å². The van der Waals surface area contributed by atoms with E-state index in [0.717, 1.165) is 26.0 Å². The molecular formula is C15H21NOS. The zero-order valence-electron chi connectivity index (χ0n) is 11.1. The predicted octanol–water partition coefficient (Wildman–Crippen LogP) is 3.46. The van der Waals surface area contributed by atoms with Crippen LogP contribution in [0.4, 0.5) is 0 Å². The van der Waals surface area contributed by atoms with E-state index in [1.54, 1.807) is 7.11 Å². The Balaban J connectivity index is 2.00. The Kier molecular flexibility index (Phi) is 5.17. The third-order valence-corrected chi connectivity index (χ3v) is 4.20. The van der Waals surface area contributed by atoms with Gasteiger partial charge in [0, 0.05) is 17.9 Å². The molecule has 2 nitrogen and oxygen atoms in total. The minimum Gasteiger partial charge on any atom is -0.383 e. The zero-order valence-corrected chi connectivity index (χ0v) is 11.9. The van der Waals surface area contributed by atoms with Gasteiger partial charge in [0.25, 0.3) is 0 Å². The molecule has 0 fully saturated rings. The van der Waals surface area contributed by atoms with Crippen molar-refractivity contribution in [1.29, 1.82) is 0 Å². The van der Waals surface area contributed by atoms with Gasteiger partial charge >= 0.3 is 0 Å². The number of nitrogens with one attached hydrogen (secondary N) is 1. The monoisotopic (exact) mass is 263 g/mol. The maximum atomic E-state index is 5.25. The number of hydrogen-bond donors (Lipinski definition) is 1. The van der Waals surface area contributed by atoms with Gasteiger partial charge in [-0.2, -0.15) is 0 Å². The normalized spacial score (nSPS) is 13.0. The average molecular weight is 263 g/mol. The summed E-state index contributed by atoms with van der Waals surface area (Å²) in [5.74, 6) is 0. The molecule has 0 aliphatic rings. The number of fused-ring (bicyclic) bond motifs is 1. The van der Waals surface area contributed by atoms with Crippen LogP contribution in [-0.2, 0) is 11.2 Å². The number of methoxy groups -OCH3 is 1. The highest BCUT2D eigenvalue weighted by molar-refractivity contribution is 7.17. The summed E-state index contributed by atoms with van der Waals surface area (Å²) < 4.78 is 6.64. The van der Waals surface area contributed by atoms with E-state index < -0.39 is 0 Å². The van der Waals surface area contributed by atoms with Gasteiger partial charge in [0.1, 0.15) is 0 Å². The van der Waals surface area contributed by atoms with Gasteiger partial charge in [-0.3, -0.25) is 0 Å². The van der Waals surface area contributed by atoms with Gasteiger partial charge in [0.05, 0.1) is 6.61 Å². The van der Waals surface area contributed by atoms with Gasteiger partial charge in [-0.25, -0.2) is 0 Å². The minimum atomic E-state index is 0.457. The first-order valence-electron chi connectivity index (χ1n) is 6.52. The van der Waals surface area contributed by atoms with E-state index >= 15 is 0 Å². The number of thiophene rings is 1. The molecule has 18 heavy (non-hydrogen) atoms. The highest BCUT2D eigenvalue weighted by Gasteiger charge is 2.09. The molecule has 0 radical (unpaired) electrons. The lowest BCUT2D eigenvalue weighted by Crippen LogP contribution is -2.33. The first-order chi connectivity index (χ1) is 8.85. The number of aryl methyl sites for hydroxylation is 1. The van der Waals surface area contributed by atoms with Crippen molar-refractivity contribution < 1.29 is 4.74 Å². The van der Waals surface area contributed by atoms with Gasteiger partial charge in [-0.05, 0) is 41.8 Å². The van der Waals surface area contributed by atoms with Gasteiger partial charge in [0.15, 0.2) is 0 Å². The number of ether oxygens (including phenoxy) is 1. The Morgan fingerprint density at radius 1 is 1.33 bits per heavy atom. The van der Waals surface area contributed by atoms with E-state index in [0.29, 0.717) is 6.04 Å². The van der Waals surface area contributed by atoms with Gasteiger partial charge in [0.2, 0.25) is 0 Å². The summed E-state index contributed by atoms with van der Waals surface area (Å²) in [6.07, 6.45) is 2.24. The Morgan fingerprint density at radius 2 is 2.17 bits per heavy atom. The van der Waals surface area contributed by atoms with Crippen molar-refractivity contribution in [2.75, 3.05) is 20.3 Å². The second kappa shape index (κ2) is 6.88.